The summed E-state index contributed by atoms with van der Waals surface area (Å²) < 4.78 is 0. The predicted octanol–water partition coefficient (Wildman–Crippen LogP) is 3.65. The number of rotatable bonds is 8. The highest BCUT2D eigenvalue weighted by Crippen LogP contribution is 2.28. The lowest BCUT2D eigenvalue weighted by Crippen LogP contribution is -2.46. The summed E-state index contributed by atoms with van der Waals surface area (Å²) in [6.45, 7) is 15.2. The van der Waals surface area contributed by atoms with Crippen LogP contribution in [0.5, 0.6) is 0 Å². The molecule has 0 aromatic rings. The van der Waals surface area contributed by atoms with E-state index >= 15 is 0 Å². The number of carboxylic acid groups (broad SMARTS) is 1. The maximum absolute atomic E-state index is 12.7. The molecule has 0 bridgehead atoms. The summed E-state index contributed by atoms with van der Waals surface area (Å²) in [6, 6.07) is 0. The van der Waals surface area contributed by atoms with E-state index in [4.69, 9.17) is 0 Å². The zero-order chi connectivity index (χ0) is 16.8. The Balaban J connectivity index is 5.08. The molecule has 0 saturated carbocycles. The van der Waals surface area contributed by atoms with E-state index in [9.17, 15) is 14.7 Å². The lowest BCUT2D eigenvalue weighted by atomic mass is 9.79. The van der Waals surface area contributed by atoms with Gasteiger partial charge in [0.05, 0.1) is 0 Å². The molecule has 4 nitrogen and oxygen atoms in total. The van der Waals surface area contributed by atoms with Gasteiger partial charge in [0.25, 0.3) is 0 Å². The third-order valence-electron chi connectivity index (χ3n) is 3.62. The van der Waals surface area contributed by atoms with Gasteiger partial charge in [0.1, 0.15) is 5.92 Å². The first-order chi connectivity index (χ1) is 9.46. The fourth-order valence-corrected chi connectivity index (χ4v) is 2.19. The van der Waals surface area contributed by atoms with Gasteiger partial charge in [0.2, 0.25) is 5.91 Å². The van der Waals surface area contributed by atoms with E-state index in [1.54, 1.807) is 4.90 Å². The summed E-state index contributed by atoms with van der Waals surface area (Å²) in [5.41, 5.74) is -0.573. The van der Waals surface area contributed by atoms with Crippen LogP contribution in [0.4, 0.5) is 0 Å². The number of amides is 1. The highest BCUT2D eigenvalue weighted by Gasteiger charge is 2.39. The monoisotopic (exact) mass is 299 g/mol. The second kappa shape index (κ2) is 8.40. The second-order valence-corrected chi connectivity index (χ2v) is 7.83. The van der Waals surface area contributed by atoms with Crippen LogP contribution in [0, 0.1) is 23.2 Å². The van der Waals surface area contributed by atoms with Crippen molar-refractivity contribution in [1.82, 2.24) is 4.90 Å². The van der Waals surface area contributed by atoms with Gasteiger partial charge in [0.15, 0.2) is 0 Å². The zero-order valence-corrected chi connectivity index (χ0v) is 14.8. The summed E-state index contributed by atoms with van der Waals surface area (Å²) in [5, 5.41) is 9.44. The lowest BCUT2D eigenvalue weighted by molar-refractivity contribution is -0.156. The molecule has 0 aliphatic heterocycles. The minimum absolute atomic E-state index is 0.240. The molecule has 0 aliphatic carbocycles. The van der Waals surface area contributed by atoms with Crippen molar-refractivity contribution in [3.63, 3.8) is 0 Å². The van der Waals surface area contributed by atoms with Crippen LogP contribution in [-0.2, 0) is 9.59 Å². The van der Waals surface area contributed by atoms with Crippen molar-refractivity contribution in [2.45, 2.75) is 61.3 Å². The van der Waals surface area contributed by atoms with E-state index in [2.05, 4.69) is 27.7 Å². The molecule has 1 amide bonds. The molecule has 0 saturated heterocycles. The number of nitrogens with zero attached hydrogens (tertiary/aromatic N) is 1. The van der Waals surface area contributed by atoms with E-state index in [0.717, 1.165) is 12.8 Å². The number of carboxylic acids is 1. The third-order valence-corrected chi connectivity index (χ3v) is 3.62. The summed E-state index contributed by atoms with van der Waals surface area (Å²) in [7, 11) is 0. The molecular weight excluding hydrogens is 266 g/mol. The summed E-state index contributed by atoms with van der Waals surface area (Å²) >= 11 is 0. The fourth-order valence-electron chi connectivity index (χ4n) is 2.19. The van der Waals surface area contributed by atoms with Crippen molar-refractivity contribution >= 4 is 11.9 Å². The molecule has 1 atom stereocenters. The van der Waals surface area contributed by atoms with Crippen LogP contribution in [0.15, 0.2) is 0 Å². The van der Waals surface area contributed by atoms with Crippen molar-refractivity contribution in [1.29, 1.82) is 0 Å². The number of carbonyl (C=O) groups is 2. The highest BCUT2D eigenvalue weighted by molar-refractivity contribution is 5.97. The molecule has 4 heteroatoms. The SMILES string of the molecule is CC(C)CCN(CCC(C)C)C(=O)C(C(=O)O)C(C)(C)C. The first kappa shape index (κ1) is 19.9. The Morgan fingerprint density at radius 2 is 1.33 bits per heavy atom. The number of hydrogen-bond acceptors (Lipinski definition) is 2. The minimum Gasteiger partial charge on any atom is -0.481 e. The topological polar surface area (TPSA) is 57.6 Å². The van der Waals surface area contributed by atoms with Crippen LogP contribution >= 0.6 is 0 Å². The molecular formula is C17H33NO3. The Bertz CT molecular complexity index is 330. The Morgan fingerprint density at radius 1 is 0.952 bits per heavy atom. The predicted molar refractivity (Wildman–Crippen MR) is 86.1 cm³/mol. The van der Waals surface area contributed by atoms with Gasteiger partial charge in [-0.25, -0.2) is 0 Å². The van der Waals surface area contributed by atoms with Crippen molar-refractivity contribution in [3.05, 3.63) is 0 Å². The van der Waals surface area contributed by atoms with Crippen LogP contribution in [-0.4, -0.2) is 35.0 Å². The first-order valence-corrected chi connectivity index (χ1v) is 7.98. The number of hydrogen-bond donors (Lipinski definition) is 1. The quantitative estimate of drug-likeness (QED) is 0.696. The standard InChI is InChI=1S/C17H33NO3/c1-12(2)8-10-18(11-9-13(3)4)15(19)14(16(20)21)17(5,6)7/h12-14H,8-11H2,1-7H3,(H,20,21). The molecule has 21 heavy (non-hydrogen) atoms. The second-order valence-electron chi connectivity index (χ2n) is 7.83. The van der Waals surface area contributed by atoms with Gasteiger partial charge < -0.3 is 10.0 Å². The van der Waals surface area contributed by atoms with Gasteiger partial charge in [-0.15, -0.1) is 0 Å². The Hall–Kier alpha value is -1.06. The van der Waals surface area contributed by atoms with Crippen LogP contribution in [0.2, 0.25) is 0 Å². The van der Waals surface area contributed by atoms with E-state index in [1.807, 2.05) is 20.8 Å². The minimum atomic E-state index is -1.02. The molecule has 0 aromatic heterocycles. The van der Waals surface area contributed by atoms with Crippen LogP contribution in [0.25, 0.3) is 0 Å². The molecule has 0 fully saturated rings. The van der Waals surface area contributed by atoms with Gasteiger partial charge in [-0.1, -0.05) is 48.5 Å². The molecule has 1 N–H and O–H groups in total. The molecule has 0 aromatic carbocycles. The average molecular weight is 299 g/mol. The van der Waals surface area contributed by atoms with Crippen molar-refractivity contribution < 1.29 is 14.7 Å². The summed E-state index contributed by atoms with van der Waals surface area (Å²) in [4.78, 5) is 26.0. The highest BCUT2D eigenvalue weighted by atomic mass is 16.4. The molecule has 1 unspecified atom stereocenters. The molecule has 0 aliphatic rings. The van der Waals surface area contributed by atoms with Crippen LogP contribution in [0.3, 0.4) is 0 Å². The number of carbonyl (C=O) groups excluding carboxylic acids is 1. The molecule has 0 spiro atoms. The van der Waals surface area contributed by atoms with E-state index in [-0.39, 0.29) is 5.91 Å². The maximum atomic E-state index is 12.7. The maximum Gasteiger partial charge on any atom is 0.316 e. The molecule has 0 rings (SSSR count). The lowest BCUT2D eigenvalue weighted by Gasteiger charge is -2.32. The van der Waals surface area contributed by atoms with Gasteiger partial charge >= 0.3 is 5.97 Å². The van der Waals surface area contributed by atoms with Gasteiger partial charge in [0, 0.05) is 13.1 Å². The fraction of sp³-hybridized carbons (Fsp3) is 0.882. The summed E-state index contributed by atoms with van der Waals surface area (Å²) in [6.07, 6.45) is 1.81. The Morgan fingerprint density at radius 3 is 1.57 bits per heavy atom. The molecule has 0 radical (unpaired) electrons. The molecule has 124 valence electrons. The number of aliphatic carboxylic acids is 1. The molecule has 0 heterocycles. The van der Waals surface area contributed by atoms with Crippen molar-refractivity contribution in [2.75, 3.05) is 13.1 Å². The Labute approximate surface area is 129 Å². The van der Waals surface area contributed by atoms with Crippen LogP contribution in [0.1, 0.15) is 61.3 Å². The van der Waals surface area contributed by atoms with E-state index in [0.29, 0.717) is 24.9 Å². The first-order valence-electron chi connectivity index (χ1n) is 7.98. The normalized spacial score (nSPS) is 13.6. The van der Waals surface area contributed by atoms with Gasteiger partial charge in [-0.05, 0) is 30.1 Å². The van der Waals surface area contributed by atoms with E-state index < -0.39 is 17.3 Å². The van der Waals surface area contributed by atoms with Crippen molar-refractivity contribution in [3.8, 4) is 0 Å². The van der Waals surface area contributed by atoms with Gasteiger partial charge in [-0.2, -0.15) is 0 Å². The summed E-state index contributed by atoms with van der Waals surface area (Å²) in [5.74, 6) is -1.24. The van der Waals surface area contributed by atoms with Crippen LogP contribution < -0.4 is 0 Å². The Kier molecular flexibility index (Phi) is 7.98. The van der Waals surface area contributed by atoms with Gasteiger partial charge in [-0.3, -0.25) is 9.59 Å². The van der Waals surface area contributed by atoms with Crippen molar-refractivity contribution in [2.24, 2.45) is 23.2 Å². The third kappa shape index (κ3) is 7.49. The largest absolute Gasteiger partial charge is 0.481 e. The van der Waals surface area contributed by atoms with E-state index in [1.165, 1.54) is 0 Å². The smallest absolute Gasteiger partial charge is 0.316 e. The average Bonchev–Trinajstić information content (AvgIpc) is 2.25. The zero-order valence-electron chi connectivity index (χ0n) is 14.8.